The SMILES string of the molecule is CC(C)N(CCC1=CCC([SiH](C)C)=C1)C(C)C.[Li].[Li]. The van der Waals surface area contributed by atoms with Crippen LogP contribution in [0.5, 0.6) is 0 Å². The van der Waals surface area contributed by atoms with Gasteiger partial charge in [0.05, 0.1) is 8.80 Å². The summed E-state index contributed by atoms with van der Waals surface area (Å²) in [4.78, 5) is 2.58. The van der Waals surface area contributed by atoms with E-state index in [0.717, 1.165) is 0 Å². The molecule has 1 aliphatic carbocycles. The van der Waals surface area contributed by atoms with E-state index in [9.17, 15) is 0 Å². The maximum atomic E-state index is 2.58. The summed E-state index contributed by atoms with van der Waals surface area (Å²) in [6.45, 7) is 15.2. The van der Waals surface area contributed by atoms with Gasteiger partial charge in [-0.25, -0.2) is 0 Å². The van der Waals surface area contributed by atoms with Gasteiger partial charge in [-0.3, -0.25) is 4.90 Å². The molecule has 0 bridgehead atoms. The van der Waals surface area contributed by atoms with E-state index < -0.39 is 8.80 Å². The standard InChI is InChI=1S/C15H29NSi.2Li/c1-12(2)16(13(3)4)10-9-14-7-8-15(11-14)17(5)6;;/h7,11-13,17H,8-10H2,1-6H3;;. The van der Waals surface area contributed by atoms with Gasteiger partial charge in [0.1, 0.15) is 0 Å². The van der Waals surface area contributed by atoms with Gasteiger partial charge in [-0.05, 0) is 40.5 Å². The molecule has 19 heavy (non-hydrogen) atoms. The van der Waals surface area contributed by atoms with Crippen molar-refractivity contribution in [2.24, 2.45) is 0 Å². The van der Waals surface area contributed by atoms with Crippen LogP contribution in [0, 0.1) is 0 Å². The van der Waals surface area contributed by atoms with Crippen LogP contribution in [-0.2, 0) is 0 Å². The Morgan fingerprint density at radius 2 is 1.63 bits per heavy atom. The fraction of sp³-hybridized carbons (Fsp3) is 0.733. The van der Waals surface area contributed by atoms with Gasteiger partial charge in [0.15, 0.2) is 0 Å². The van der Waals surface area contributed by atoms with Crippen LogP contribution in [0.3, 0.4) is 0 Å². The van der Waals surface area contributed by atoms with Crippen molar-refractivity contribution in [1.82, 2.24) is 4.90 Å². The van der Waals surface area contributed by atoms with Crippen LogP contribution in [-0.4, -0.2) is 70.0 Å². The van der Waals surface area contributed by atoms with Crippen molar-refractivity contribution in [2.75, 3.05) is 6.54 Å². The van der Waals surface area contributed by atoms with Crippen molar-refractivity contribution in [3.63, 3.8) is 0 Å². The van der Waals surface area contributed by atoms with Crippen LogP contribution < -0.4 is 0 Å². The molecule has 1 nitrogen and oxygen atoms in total. The van der Waals surface area contributed by atoms with E-state index in [2.05, 4.69) is 57.8 Å². The van der Waals surface area contributed by atoms with Crippen LogP contribution in [0.4, 0.5) is 0 Å². The maximum absolute atomic E-state index is 2.58. The normalized spacial score (nSPS) is 14.6. The fourth-order valence-corrected chi connectivity index (χ4v) is 3.69. The van der Waals surface area contributed by atoms with Crippen molar-refractivity contribution in [3.8, 4) is 0 Å². The Balaban J connectivity index is 0. The summed E-state index contributed by atoms with van der Waals surface area (Å²) in [6.07, 6.45) is 7.39. The molecule has 0 atom stereocenters. The topological polar surface area (TPSA) is 3.24 Å². The molecule has 2 radical (unpaired) electrons. The number of hydrogen-bond acceptors (Lipinski definition) is 1. The van der Waals surface area contributed by atoms with Crippen LogP contribution in [0.2, 0.25) is 13.1 Å². The zero-order chi connectivity index (χ0) is 13.0. The number of allylic oxidation sites excluding steroid dienone is 3. The number of hydrogen-bond donors (Lipinski definition) is 0. The largest absolute Gasteiger partial charge is 0.298 e. The second-order valence-corrected chi connectivity index (χ2v) is 9.08. The third-order valence-corrected chi connectivity index (χ3v) is 5.58. The molecule has 0 aliphatic heterocycles. The molecule has 0 fully saturated rings. The minimum absolute atomic E-state index is 0. The van der Waals surface area contributed by atoms with Gasteiger partial charge in [-0.2, -0.15) is 0 Å². The fourth-order valence-electron chi connectivity index (χ4n) is 2.55. The van der Waals surface area contributed by atoms with Gasteiger partial charge in [0.25, 0.3) is 0 Å². The summed E-state index contributed by atoms with van der Waals surface area (Å²) >= 11 is 0. The molecule has 0 N–H and O–H groups in total. The zero-order valence-electron chi connectivity index (χ0n) is 14.5. The second kappa shape index (κ2) is 10.6. The monoisotopic (exact) mass is 265 g/mol. The first-order valence-electron chi connectivity index (χ1n) is 7.07. The molecule has 0 heterocycles. The molecule has 0 aromatic rings. The van der Waals surface area contributed by atoms with E-state index in [1.54, 1.807) is 10.8 Å². The molecule has 0 unspecified atom stereocenters. The van der Waals surface area contributed by atoms with Crippen LogP contribution in [0.15, 0.2) is 22.9 Å². The van der Waals surface area contributed by atoms with Gasteiger partial charge in [-0.15, -0.1) is 0 Å². The van der Waals surface area contributed by atoms with Gasteiger partial charge < -0.3 is 0 Å². The number of nitrogens with zero attached hydrogens (tertiary/aromatic N) is 1. The predicted octanol–water partition coefficient (Wildman–Crippen LogP) is 3.02. The van der Waals surface area contributed by atoms with Crippen LogP contribution in [0.25, 0.3) is 0 Å². The molecule has 0 saturated heterocycles. The summed E-state index contributed by atoms with van der Waals surface area (Å²) in [5, 5.41) is 1.74. The molecule has 0 amide bonds. The molecular formula is C15H29Li2NSi. The Hall–Kier alpha value is 0.852. The molecule has 0 saturated carbocycles. The average Bonchev–Trinajstić information content (AvgIpc) is 2.65. The zero-order valence-corrected chi connectivity index (χ0v) is 15.6. The van der Waals surface area contributed by atoms with Crippen molar-refractivity contribution < 1.29 is 0 Å². The summed E-state index contributed by atoms with van der Waals surface area (Å²) in [7, 11) is -0.555. The van der Waals surface area contributed by atoms with Crippen molar-refractivity contribution in [3.05, 3.63) is 22.9 Å². The Morgan fingerprint density at radius 1 is 1.11 bits per heavy atom. The predicted molar refractivity (Wildman–Crippen MR) is 92.8 cm³/mol. The summed E-state index contributed by atoms with van der Waals surface area (Å²) in [6, 6.07) is 1.31. The van der Waals surface area contributed by atoms with Gasteiger partial charge in [0.2, 0.25) is 0 Å². The van der Waals surface area contributed by atoms with E-state index >= 15 is 0 Å². The van der Waals surface area contributed by atoms with Crippen LogP contribution in [0.1, 0.15) is 40.5 Å². The third-order valence-electron chi connectivity index (χ3n) is 3.70. The molecule has 4 heteroatoms. The van der Waals surface area contributed by atoms with Crippen molar-refractivity contribution in [1.29, 1.82) is 0 Å². The quantitative estimate of drug-likeness (QED) is 0.667. The van der Waals surface area contributed by atoms with E-state index in [1.165, 1.54) is 19.4 Å². The maximum Gasteiger partial charge on any atom is 0.0599 e. The smallest absolute Gasteiger partial charge is 0.0599 e. The van der Waals surface area contributed by atoms with Gasteiger partial charge in [0, 0.05) is 56.3 Å². The van der Waals surface area contributed by atoms with E-state index in [-0.39, 0.29) is 37.7 Å². The van der Waals surface area contributed by atoms with Crippen molar-refractivity contribution >= 4 is 46.5 Å². The first kappa shape index (κ1) is 22.1. The molecule has 1 rings (SSSR count). The molecule has 0 spiro atoms. The Labute approximate surface area is 146 Å². The molecule has 100 valence electrons. The van der Waals surface area contributed by atoms with Crippen LogP contribution >= 0.6 is 0 Å². The Morgan fingerprint density at radius 3 is 2.00 bits per heavy atom. The minimum atomic E-state index is -0.555. The van der Waals surface area contributed by atoms with E-state index in [0.29, 0.717) is 12.1 Å². The molecule has 1 aliphatic rings. The summed E-state index contributed by atoms with van der Waals surface area (Å²) in [5.74, 6) is 0. The van der Waals surface area contributed by atoms with Gasteiger partial charge >= 0.3 is 0 Å². The van der Waals surface area contributed by atoms with E-state index in [1.807, 2.05) is 0 Å². The van der Waals surface area contributed by atoms with Gasteiger partial charge in [-0.1, -0.05) is 36.0 Å². The molecular weight excluding hydrogens is 236 g/mol. The van der Waals surface area contributed by atoms with Crippen molar-refractivity contribution in [2.45, 2.75) is 65.7 Å². The Bertz CT molecular complexity index is 301. The first-order chi connectivity index (χ1) is 7.91. The third kappa shape index (κ3) is 7.42. The summed E-state index contributed by atoms with van der Waals surface area (Å²) < 4.78 is 0. The second-order valence-electron chi connectivity index (χ2n) is 6.03. The summed E-state index contributed by atoms with van der Waals surface area (Å²) in [5.41, 5.74) is 1.58. The molecule has 0 aromatic carbocycles. The average molecular weight is 265 g/mol. The number of rotatable bonds is 6. The molecule has 0 aromatic heterocycles. The van der Waals surface area contributed by atoms with E-state index in [4.69, 9.17) is 0 Å². The first-order valence-corrected chi connectivity index (χ1v) is 9.95. The Kier molecular flexibility index (Phi) is 12.3. The minimum Gasteiger partial charge on any atom is -0.298 e.